The lowest BCUT2D eigenvalue weighted by atomic mass is 10.1. The van der Waals surface area contributed by atoms with Crippen LogP contribution in [0.5, 0.6) is 11.5 Å². The Hall–Kier alpha value is -2.00. The zero-order chi connectivity index (χ0) is 16.1. The Kier molecular flexibility index (Phi) is 5.19. The molecule has 0 saturated heterocycles. The fourth-order valence-corrected chi connectivity index (χ4v) is 2.45. The van der Waals surface area contributed by atoms with E-state index in [2.05, 4.69) is 48.6 Å². The highest BCUT2D eigenvalue weighted by Crippen LogP contribution is 2.30. The summed E-state index contributed by atoms with van der Waals surface area (Å²) in [5, 5.41) is 3.53. The van der Waals surface area contributed by atoms with E-state index in [1.54, 1.807) is 0 Å². The molecule has 0 radical (unpaired) electrons. The molecule has 0 aliphatic heterocycles. The molecule has 3 rings (SSSR count). The summed E-state index contributed by atoms with van der Waals surface area (Å²) >= 11 is 0. The lowest BCUT2D eigenvalue weighted by molar-refractivity contribution is 0.269. The third-order valence-electron chi connectivity index (χ3n) is 4.00. The molecule has 122 valence electrons. The van der Waals surface area contributed by atoms with Crippen LogP contribution in [0.25, 0.3) is 0 Å². The van der Waals surface area contributed by atoms with Gasteiger partial charge in [-0.2, -0.15) is 0 Å². The van der Waals surface area contributed by atoms with E-state index >= 15 is 0 Å². The zero-order valence-electron chi connectivity index (χ0n) is 14.0. The van der Waals surface area contributed by atoms with Crippen molar-refractivity contribution in [1.82, 2.24) is 5.32 Å². The third-order valence-corrected chi connectivity index (χ3v) is 4.00. The minimum atomic E-state index is 0.556. The number of benzene rings is 2. The summed E-state index contributed by atoms with van der Waals surface area (Å²) in [6, 6.07) is 15.3. The van der Waals surface area contributed by atoms with Gasteiger partial charge in [-0.15, -0.1) is 0 Å². The van der Waals surface area contributed by atoms with Crippen molar-refractivity contribution in [2.75, 3.05) is 6.61 Å². The van der Waals surface area contributed by atoms with Crippen molar-refractivity contribution in [2.45, 2.75) is 45.9 Å². The molecule has 23 heavy (non-hydrogen) atoms. The maximum atomic E-state index is 5.96. The van der Waals surface area contributed by atoms with Gasteiger partial charge < -0.3 is 14.8 Å². The van der Waals surface area contributed by atoms with Gasteiger partial charge in [0.15, 0.2) is 11.5 Å². The summed E-state index contributed by atoms with van der Waals surface area (Å²) in [6.45, 7) is 6.18. The van der Waals surface area contributed by atoms with E-state index in [9.17, 15) is 0 Å². The summed E-state index contributed by atoms with van der Waals surface area (Å²) in [5.41, 5.74) is 3.66. The maximum Gasteiger partial charge on any atom is 0.161 e. The van der Waals surface area contributed by atoms with Crippen LogP contribution in [-0.2, 0) is 13.2 Å². The highest BCUT2D eigenvalue weighted by molar-refractivity contribution is 5.43. The second kappa shape index (κ2) is 7.51. The van der Waals surface area contributed by atoms with Gasteiger partial charge in [0, 0.05) is 12.6 Å². The first-order valence-electron chi connectivity index (χ1n) is 8.42. The van der Waals surface area contributed by atoms with Gasteiger partial charge in [-0.25, -0.2) is 0 Å². The molecule has 1 saturated carbocycles. The molecule has 1 fully saturated rings. The van der Waals surface area contributed by atoms with Crippen LogP contribution in [0.2, 0.25) is 0 Å². The van der Waals surface area contributed by atoms with Gasteiger partial charge in [-0.05, 0) is 49.9 Å². The number of hydrogen-bond donors (Lipinski definition) is 1. The van der Waals surface area contributed by atoms with E-state index in [1.165, 1.54) is 24.0 Å². The van der Waals surface area contributed by atoms with Gasteiger partial charge in [0.2, 0.25) is 0 Å². The first kappa shape index (κ1) is 15.9. The van der Waals surface area contributed by atoms with Crippen LogP contribution >= 0.6 is 0 Å². The first-order chi connectivity index (χ1) is 11.2. The fourth-order valence-electron chi connectivity index (χ4n) is 2.45. The van der Waals surface area contributed by atoms with Crippen molar-refractivity contribution in [3.05, 3.63) is 59.2 Å². The molecule has 0 aromatic heterocycles. The molecule has 1 N–H and O–H groups in total. The minimum Gasteiger partial charge on any atom is -0.490 e. The summed E-state index contributed by atoms with van der Waals surface area (Å²) in [4.78, 5) is 0. The molecule has 3 nitrogen and oxygen atoms in total. The van der Waals surface area contributed by atoms with Crippen molar-refractivity contribution in [1.29, 1.82) is 0 Å². The molecule has 0 bridgehead atoms. The van der Waals surface area contributed by atoms with Crippen LogP contribution in [-0.4, -0.2) is 12.6 Å². The molecule has 2 aromatic carbocycles. The van der Waals surface area contributed by atoms with Gasteiger partial charge in [0.25, 0.3) is 0 Å². The molecular weight excluding hydrogens is 286 g/mol. The molecule has 2 aromatic rings. The molecule has 0 unspecified atom stereocenters. The average molecular weight is 311 g/mol. The Balaban J connectivity index is 1.65. The van der Waals surface area contributed by atoms with Gasteiger partial charge in [-0.1, -0.05) is 35.9 Å². The zero-order valence-corrected chi connectivity index (χ0v) is 14.0. The molecule has 0 atom stereocenters. The van der Waals surface area contributed by atoms with Crippen LogP contribution in [0.15, 0.2) is 42.5 Å². The number of rotatable bonds is 8. The van der Waals surface area contributed by atoms with E-state index in [0.29, 0.717) is 19.3 Å². The van der Waals surface area contributed by atoms with Gasteiger partial charge in [-0.3, -0.25) is 0 Å². The predicted octanol–water partition coefficient (Wildman–Crippen LogP) is 4.22. The first-order valence-corrected chi connectivity index (χ1v) is 8.42. The Morgan fingerprint density at radius 1 is 0.957 bits per heavy atom. The molecule has 0 amide bonds. The summed E-state index contributed by atoms with van der Waals surface area (Å²) in [5.74, 6) is 1.64. The smallest absolute Gasteiger partial charge is 0.161 e. The van der Waals surface area contributed by atoms with E-state index in [4.69, 9.17) is 9.47 Å². The summed E-state index contributed by atoms with van der Waals surface area (Å²) in [6.07, 6.45) is 2.60. The summed E-state index contributed by atoms with van der Waals surface area (Å²) in [7, 11) is 0. The van der Waals surface area contributed by atoms with Gasteiger partial charge >= 0.3 is 0 Å². The molecule has 0 spiro atoms. The second-order valence-electron chi connectivity index (χ2n) is 6.14. The largest absolute Gasteiger partial charge is 0.490 e. The quantitative estimate of drug-likeness (QED) is 0.791. The van der Waals surface area contributed by atoms with Crippen molar-refractivity contribution < 1.29 is 9.47 Å². The van der Waals surface area contributed by atoms with E-state index < -0.39 is 0 Å². The average Bonchev–Trinajstić information content (AvgIpc) is 3.38. The lowest BCUT2D eigenvalue weighted by Crippen LogP contribution is -2.15. The number of hydrogen-bond acceptors (Lipinski definition) is 3. The monoisotopic (exact) mass is 311 g/mol. The van der Waals surface area contributed by atoms with Crippen molar-refractivity contribution in [2.24, 2.45) is 0 Å². The standard InChI is InChI=1S/C20H25NO2/c1-3-22-20-12-17(13-21-18-9-10-18)8-11-19(20)23-14-16-6-4-15(2)5-7-16/h4-8,11-12,18,21H,3,9-10,13-14H2,1-2H3. The van der Waals surface area contributed by atoms with Crippen LogP contribution in [0.4, 0.5) is 0 Å². The van der Waals surface area contributed by atoms with Crippen LogP contribution in [0.1, 0.15) is 36.5 Å². The van der Waals surface area contributed by atoms with Crippen LogP contribution < -0.4 is 14.8 Å². The molecule has 1 aliphatic carbocycles. The van der Waals surface area contributed by atoms with Gasteiger partial charge in [0.1, 0.15) is 6.61 Å². The fraction of sp³-hybridized carbons (Fsp3) is 0.400. The molecule has 0 heterocycles. The molecule has 1 aliphatic rings. The normalized spacial score (nSPS) is 13.8. The number of nitrogens with one attached hydrogen (secondary N) is 1. The second-order valence-corrected chi connectivity index (χ2v) is 6.14. The Morgan fingerprint density at radius 3 is 2.39 bits per heavy atom. The lowest BCUT2D eigenvalue weighted by Gasteiger charge is -2.14. The topological polar surface area (TPSA) is 30.5 Å². The van der Waals surface area contributed by atoms with Crippen molar-refractivity contribution in [3.8, 4) is 11.5 Å². The maximum absolute atomic E-state index is 5.96. The third kappa shape index (κ3) is 4.73. The van der Waals surface area contributed by atoms with Gasteiger partial charge in [0.05, 0.1) is 6.61 Å². The van der Waals surface area contributed by atoms with E-state index in [0.717, 1.165) is 23.6 Å². The number of ether oxygens (including phenoxy) is 2. The predicted molar refractivity (Wildman–Crippen MR) is 93.0 cm³/mol. The SMILES string of the molecule is CCOc1cc(CNC2CC2)ccc1OCc1ccc(C)cc1. The number of aryl methyl sites for hydroxylation is 1. The minimum absolute atomic E-state index is 0.556. The van der Waals surface area contributed by atoms with Crippen LogP contribution in [0, 0.1) is 6.92 Å². The highest BCUT2D eigenvalue weighted by atomic mass is 16.5. The Labute approximate surface area is 138 Å². The van der Waals surface area contributed by atoms with Crippen molar-refractivity contribution >= 4 is 0 Å². The van der Waals surface area contributed by atoms with E-state index in [1.807, 2.05) is 13.0 Å². The molecular formula is C20H25NO2. The summed E-state index contributed by atoms with van der Waals surface area (Å²) < 4.78 is 11.7. The van der Waals surface area contributed by atoms with E-state index in [-0.39, 0.29) is 0 Å². The Morgan fingerprint density at radius 2 is 1.70 bits per heavy atom. The van der Waals surface area contributed by atoms with Crippen molar-refractivity contribution in [3.63, 3.8) is 0 Å². The molecule has 3 heteroatoms. The Bertz CT molecular complexity index is 633. The highest BCUT2D eigenvalue weighted by Gasteiger charge is 2.20. The van der Waals surface area contributed by atoms with Crippen LogP contribution in [0.3, 0.4) is 0 Å².